The highest BCUT2D eigenvalue weighted by atomic mass is 79.9. The zero-order valence-electron chi connectivity index (χ0n) is 40.3. The molecule has 4 saturated heterocycles. The van der Waals surface area contributed by atoms with Crippen molar-refractivity contribution in [3.05, 3.63) is 92.6 Å². The summed E-state index contributed by atoms with van der Waals surface area (Å²) in [6.45, 7) is 13.7. The normalized spacial score (nSPS) is 19.3. The van der Waals surface area contributed by atoms with E-state index in [4.69, 9.17) is 19.1 Å². The molecule has 2 amide bonds. The number of aryl methyl sites for hydroxylation is 2. The van der Waals surface area contributed by atoms with Gasteiger partial charge in [-0.25, -0.2) is 9.78 Å². The number of pyridine rings is 1. The summed E-state index contributed by atoms with van der Waals surface area (Å²) in [4.78, 5) is 59.2. The van der Waals surface area contributed by atoms with E-state index < -0.39 is 24.8 Å². The molecule has 18 heteroatoms. The molecular formula is C52H62BrN10O6P. The number of nitrogens with one attached hydrogen (secondary N) is 3. The molecule has 6 aromatic rings. The fourth-order valence-electron chi connectivity index (χ4n) is 10.9. The summed E-state index contributed by atoms with van der Waals surface area (Å²) in [6, 6.07) is 18.0. The van der Waals surface area contributed by atoms with Gasteiger partial charge >= 0.3 is 5.76 Å². The van der Waals surface area contributed by atoms with Crippen LogP contribution < -0.4 is 36.6 Å². The average molecular weight is 1030 g/mol. The number of piperazine rings is 1. The number of amides is 2. The number of benzene rings is 3. The van der Waals surface area contributed by atoms with E-state index in [0.717, 1.165) is 135 Å². The quantitative estimate of drug-likeness (QED) is 0.0661. The van der Waals surface area contributed by atoms with Crippen LogP contribution in [0, 0.1) is 0 Å². The third kappa shape index (κ3) is 9.86. The third-order valence-electron chi connectivity index (χ3n) is 14.7. The van der Waals surface area contributed by atoms with Crippen LogP contribution in [0.2, 0.25) is 0 Å². The van der Waals surface area contributed by atoms with Crippen LogP contribution in [0.4, 0.5) is 28.8 Å². The number of nitrogens with zero attached hydrogens (tertiary/aromatic N) is 7. The Hall–Kier alpha value is -5.61. The summed E-state index contributed by atoms with van der Waals surface area (Å²) in [5.74, 6) is 0.375. The van der Waals surface area contributed by atoms with Crippen molar-refractivity contribution in [2.45, 2.75) is 90.6 Å². The van der Waals surface area contributed by atoms with Crippen LogP contribution in [-0.4, -0.2) is 112 Å². The number of hydrogen-bond acceptors (Lipinski definition) is 14. The van der Waals surface area contributed by atoms with E-state index in [1.54, 1.807) is 6.20 Å². The van der Waals surface area contributed by atoms with Crippen molar-refractivity contribution in [1.29, 1.82) is 0 Å². The maximum atomic E-state index is 14.6. The SMILES string of the molecule is CCOc1cc(N2CCC(N3CCN(CCc4ccc5c(c4)oc(=O)n5C4CCC(=O)NC4=O)CC3)CC2)c(CC)cc1Nc1ncc(Br)c(Nc2ccc3nc(CC)ccc3c2P2(=O)CCCC2)n1. The van der Waals surface area contributed by atoms with Gasteiger partial charge < -0.3 is 34.2 Å². The smallest absolute Gasteiger partial charge is 0.420 e. The van der Waals surface area contributed by atoms with Crippen molar-refractivity contribution in [2.75, 3.05) is 80.3 Å². The summed E-state index contributed by atoms with van der Waals surface area (Å²) in [5.41, 5.74) is 8.02. The van der Waals surface area contributed by atoms with Gasteiger partial charge in [-0.05, 0) is 122 Å². The third-order valence-corrected chi connectivity index (χ3v) is 18.7. The van der Waals surface area contributed by atoms with Gasteiger partial charge in [0.1, 0.15) is 24.8 Å². The molecule has 4 aliphatic rings. The molecule has 16 nitrogen and oxygen atoms in total. The van der Waals surface area contributed by atoms with Gasteiger partial charge in [-0.15, -0.1) is 0 Å². The van der Waals surface area contributed by atoms with Crippen LogP contribution in [0.5, 0.6) is 5.75 Å². The van der Waals surface area contributed by atoms with Crippen molar-refractivity contribution in [3.8, 4) is 5.75 Å². The number of imide groups is 1. The van der Waals surface area contributed by atoms with Gasteiger partial charge in [-0.2, -0.15) is 4.98 Å². The Morgan fingerprint density at radius 1 is 0.871 bits per heavy atom. The van der Waals surface area contributed by atoms with Gasteiger partial charge in [0.25, 0.3) is 0 Å². The largest absolute Gasteiger partial charge is 0.492 e. The Kier molecular flexibility index (Phi) is 14.2. The second-order valence-electron chi connectivity index (χ2n) is 19.0. The molecule has 3 aromatic carbocycles. The Morgan fingerprint density at radius 3 is 2.41 bits per heavy atom. The first-order chi connectivity index (χ1) is 34.0. The van der Waals surface area contributed by atoms with Gasteiger partial charge in [0.2, 0.25) is 17.8 Å². The number of oxazole rings is 1. The summed E-state index contributed by atoms with van der Waals surface area (Å²) in [7, 11) is -2.65. The maximum Gasteiger partial charge on any atom is 0.420 e. The van der Waals surface area contributed by atoms with Gasteiger partial charge in [0.15, 0.2) is 5.58 Å². The van der Waals surface area contributed by atoms with Crippen LogP contribution >= 0.6 is 23.1 Å². The first-order valence-electron chi connectivity index (χ1n) is 25.1. The molecule has 4 fully saturated rings. The fraction of sp³-hybridized carbons (Fsp3) is 0.462. The Balaban J connectivity index is 0.766. The van der Waals surface area contributed by atoms with Gasteiger partial charge in [0, 0.05) is 105 Å². The summed E-state index contributed by atoms with van der Waals surface area (Å²) in [6.07, 6.45) is 10.2. The first kappa shape index (κ1) is 48.0. The van der Waals surface area contributed by atoms with E-state index in [1.165, 1.54) is 15.8 Å². The molecule has 10 rings (SSSR count). The molecule has 70 heavy (non-hydrogen) atoms. The Morgan fingerprint density at radius 2 is 1.67 bits per heavy atom. The molecule has 3 aromatic heterocycles. The number of carbonyl (C=O) groups excluding carboxylic acids is 2. The van der Waals surface area contributed by atoms with Gasteiger partial charge in [-0.3, -0.25) is 29.4 Å². The van der Waals surface area contributed by atoms with Crippen molar-refractivity contribution in [3.63, 3.8) is 0 Å². The van der Waals surface area contributed by atoms with Crippen LogP contribution in [0.25, 0.3) is 22.0 Å². The summed E-state index contributed by atoms with van der Waals surface area (Å²) >= 11 is 3.69. The highest BCUT2D eigenvalue weighted by molar-refractivity contribution is 9.10. The van der Waals surface area contributed by atoms with Crippen LogP contribution in [0.1, 0.15) is 82.2 Å². The average Bonchev–Trinajstić information content (AvgIpc) is 3.96. The maximum absolute atomic E-state index is 14.6. The Labute approximate surface area is 416 Å². The monoisotopic (exact) mass is 1030 g/mol. The molecule has 1 atom stereocenters. The topological polar surface area (TPSA) is 180 Å². The molecule has 7 heterocycles. The minimum Gasteiger partial charge on any atom is -0.492 e. The number of carbonyl (C=O) groups is 2. The van der Waals surface area contributed by atoms with Crippen molar-refractivity contribution >= 4 is 91.0 Å². The first-order valence-corrected chi connectivity index (χ1v) is 27.9. The van der Waals surface area contributed by atoms with E-state index in [2.05, 4.69) is 83.6 Å². The van der Waals surface area contributed by atoms with Crippen LogP contribution in [-0.2, 0) is 33.4 Å². The lowest BCUT2D eigenvalue weighted by molar-refractivity contribution is -0.135. The minimum absolute atomic E-state index is 0.191. The van der Waals surface area contributed by atoms with E-state index in [0.29, 0.717) is 52.3 Å². The molecule has 0 aliphatic carbocycles. The standard InChI is InChI=1S/C52H62BrN10O6P/c1-4-34-30-41(57-51-54-32-38(53)49(59-51)56-40-13-12-39-37(11-10-35(5-2)55-39)48(40)70(67)27-7-8-28-70)45(68-6-3)31-44(34)62-21-18-36(19-22-62)61-25-23-60(24-26-61)20-17-33-9-14-42-46(29-33)69-52(66)63(42)43-15-16-47(64)58-50(43)65/h9-14,29-32,36,43H,4-8,15-28H2,1-3H3,(H,58,64,65)(H2,54,56,57,59). The number of halogens is 1. The highest BCUT2D eigenvalue weighted by Crippen LogP contribution is 2.54. The summed E-state index contributed by atoms with van der Waals surface area (Å²) in [5, 5.41) is 11.2. The van der Waals surface area contributed by atoms with Gasteiger partial charge in [0.05, 0.1) is 33.5 Å². The van der Waals surface area contributed by atoms with Crippen LogP contribution in [0.3, 0.4) is 0 Å². The highest BCUT2D eigenvalue weighted by Gasteiger charge is 2.35. The molecular weight excluding hydrogens is 972 g/mol. The number of fused-ring (bicyclic) bond motifs is 2. The molecule has 4 aliphatic heterocycles. The van der Waals surface area contributed by atoms with E-state index in [-0.39, 0.29) is 18.7 Å². The number of hydrogen-bond donors (Lipinski definition) is 3. The fourth-order valence-corrected chi connectivity index (χ4v) is 14.6. The van der Waals surface area contributed by atoms with Crippen molar-refractivity contribution < 1.29 is 23.3 Å². The number of rotatable bonds is 15. The number of piperidine rings is 2. The number of anilines is 5. The second kappa shape index (κ2) is 20.6. The minimum atomic E-state index is -2.65. The molecule has 0 bridgehead atoms. The molecule has 368 valence electrons. The molecule has 0 saturated carbocycles. The zero-order valence-corrected chi connectivity index (χ0v) is 42.7. The molecule has 0 radical (unpaired) electrons. The number of ether oxygens (including phenoxy) is 1. The molecule has 0 spiro atoms. The predicted molar refractivity (Wildman–Crippen MR) is 279 cm³/mol. The van der Waals surface area contributed by atoms with E-state index >= 15 is 0 Å². The number of aromatic nitrogens is 4. The molecule has 1 unspecified atom stereocenters. The second-order valence-corrected chi connectivity index (χ2v) is 23.0. The van der Waals surface area contributed by atoms with Crippen molar-refractivity contribution in [1.82, 2.24) is 34.6 Å². The lowest BCUT2D eigenvalue weighted by atomic mass is 9.99. The van der Waals surface area contributed by atoms with E-state index in [1.807, 2.05) is 43.3 Å². The van der Waals surface area contributed by atoms with Crippen molar-refractivity contribution in [2.24, 2.45) is 0 Å². The van der Waals surface area contributed by atoms with E-state index in [9.17, 15) is 18.9 Å². The predicted octanol–water partition coefficient (Wildman–Crippen LogP) is 8.29. The zero-order chi connectivity index (χ0) is 48.5. The summed E-state index contributed by atoms with van der Waals surface area (Å²) < 4.78 is 28.5. The lowest BCUT2D eigenvalue weighted by Crippen LogP contribution is -2.53. The lowest BCUT2D eigenvalue weighted by Gasteiger charge is -2.43. The Bertz CT molecular complexity index is 3040. The van der Waals surface area contributed by atoms with Gasteiger partial charge in [-0.1, -0.05) is 26.0 Å². The van der Waals surface area contributed by atoms with Crippen LogP contribution in [0.15, 0.2) is 74.5 Å². The molecule has 3 N–H and O–H groups in total.